The highest BCUT2D eigenvalue weighted by Gasteiger charge is 2.11. The standard InChI is InChI=1S/C30H21BrClN3O2/c31-23-8-4-5-20(15-23)18-33-35-30(36)19-37-25-12-9-22(10-13-25)29-17-26(21-6-2-1-3-7-21)27-16-24(32)11-14-28(27)34-29/h1-18H,19H2,(H,35,36)/b33-18+. The van der Waals surface area contributed by atoms with Crippen molar-refractivity contribution in [2.45, 2.75) is 0 Å². The summed E-state index contributed by atoms with van der Waals surface area (Å²) in [5.41, 5.74) is 8.12. The quantitative estimate of drug-likeness (QED) is 0.163. The number of benzene rings is 4. The number of carbonyl (C=O) groups excluding carboxylic acids is 1. The van der Waals surface area contributed by atoms with Gasteiger partial charge in [-0.1, -0.05) is 70.0 Å². The highest BCUT2D eigenvalue weighted by atomic mass is 79.9. The highest BCUT2D eigenvalue weighted by Crippen LogP contribution is 2.33. The molecule has 0 radical (unpaired) electrons. The number of amides is 1. The van der Waals surface area contributed by atoms with Gasteiger partial charge in [-0.3, -0.25) is 4.79 Å². The van der Waals surface area contributed by atoms with Gasteiger partial charge in [0.15, 0.2) is 6.61 Å². The Morgan fingerprint density at radius 1 is 0.919 bits per heavy atom. The zero-order valence-corrected chi connectivity index (χ0v) is 21.9. The maximum Gasteiger partial charge on any atom is 0.277 e. The Morgan fingerprint density at radius 3 is 2.51 bits per heavy atom. The lowest BCUT2D eigenvalue weighted by Crippen LogP contribution is -2.24. The number of fused-ring (bicyclic) bond motifs is 1. The third-order valence-electron chi connectivity index (χ3n) is 5.63. The molecule has 1 heterocycles. The van der Waals surface area contributed by atoms with E-state index in [4.69, 9.17) is 21.3 Å². The molecule has 7 heteroatoms. The lowest BCUT2D eigenvalue weighted by Gasteiger charge is -2.11. The van der Waals surface area contributed by atoms with Crippen LogP contribution < -0.4 is 10.2 Å². The van der Waals surface area contributed by atoms with Gasteiger partial charge >= 0.3 is 0 Å². The van der Waals surface area contributed by atoms with Crippen LogP contribution in [0, 0.1) is 0 Å². The summed E-state index contributed by atoms with van der Waals surface area (Å²) in [4.78, 5) is 17.0. The van der Waals surface area contributed by atoms with Crippen LogP contribution in [0.2, 0.25) is 5.02 Å². The van der Waals surface area contributed by atoms with Crippen molar-refractivity contribution in [2.24, 2.45) is 5.10 Å². The van der Waals surface area contributed by atoms with Crippen molar-refractivity contribution in [3.05, 3.63) is 118 Å². The summed E-state index contributed by atoms with van der Waals surface area (Å²) >= 11 is 9.69. The Kier molecular flexibility index (Phi) is 7.59. The van der Waals surface area contributed by atoms with Gasteiger partial charge in [0.1, 0.15) is 5.75 Å². The molecule has 0 atom stereocenters. The van der Waals surface area contributed by atoms with Crippen LogP contribution in [-0.4, -0.2) is 23.7 Å². The SMILES string of the molecule is O=C(COc1ccc(-c2cc(-c3ccccc3)c3cc(Cl)ccc3n2)cc1)N/N=C/c1cccc(Br)c1. The predicted molar refractivity (Wildman–Crippen MR) is 153 cm³/mol. The Labute approximate surface area is 227 Å². The molecular formula is C30H21BrClN3O2. The van der Waals surface area contributed by atoms with Gasteiger partial charge in [-0.25, -0.2) is 10.4 Å². The second kappa shape index (κ2) is 11.4. The second-order valence-corrected chi connectivity index (χ2v) is 9.60. The molecule has 1 N–H and O–H groups in total. The third kappa shape index (κ3) is 6.23. The first-order valence-corrected chi connectivity index (χ1v) is 12.7. The van der Waals surface area contributed by atoms with E-state index in [2.05, 4.69) is 44.7 Å². The van der Waals surface area contributed by atoms with Gasteiger partial charge in [-0.2, -0.15) is 5.10 Å². The summed E-state index contributed by atoms with van der Waals surface area (Å²) in [5, 5.41) is 5.64. The molecule has 0 spiro atoms. The molecule has 1 aromatic heterocycles. The Hall–Kier alpha value is -4.00. The first-order valence-electron chi connectivity index (χ1n) is 11.5. The van der Waals surface area contributed by atoms with Gasteiger partial charge in [-0.15, -0.1) is 0 Å². The number of hydrazone groups is 1. The van der Waals surface area contributed by atoms with Gasteiger partial charge in [0.25, 0.3) is 5.91 Å². The van der Waals surface area contributed by atoms with E-state index in [-0.39, 0.29) is 12.5 Å². The van der Waals surface area contributed by atoms with Crippen LogP contribution in [0.5, 0.6) is 5.75 Å². The molecule has 5 nitrogen and oxygen atoms in total. The lowest BCUT2D eigenvalue weighted by molar-refractivity contribution is -0.123. The minimum atomic E-state index is -0.349. The molecule has 0 saturated heterocycles. The molecule has 0 fully saturated rings. The normalized spacial score (nSPS) is 11.1. The van der Waals surface area contributed by atoms with E-state index < -0.39 is 0 Å². The van der Waals surface area contributed by atoms with Crippen molar-refractivity contribution >= 4 is 50.6 Å². The molecule has 0 bridgehead atoms. The number of aromatic nitrogens is 1. The number of hydrogen-bond acceptors (Lipinski definition) is 4. The second-order valence-electron chi connectivity index (χ2n) is 8.24. The summed E-state index contributed by atoms with van der Waals surface area (Å²) in [6, 6.07) is 33.1. The minimum Gasteiger partial charge on any atom is -0.484 e. The van der Waals surface area contributed by atoms with Crippen molar-refractivity contribution in [2.75, 3.05) is 6.61 Å². The van der Waals surface area contributed by atoms with Crippen LogP contribution >= 0.6 is 27.5 Å². The monoisotopic (exact) mass is 569 g/mol. The maximum absolute atomic E-state index is 12.1. The Morgan fingerprint density at radius 2 is 1.73 bits per heavy atom. The number of pyridine rings is 1. The summed E-state index contributed by atoms with van der Waals surface area (Å²) in [6.45, 7) is -0.150. The fraction of sp³-hybridized carbons (Fsp3) is 0.0333. The molecule has 0 aliphatic heterocycles. The molecule has 0 aliphatic rings. The molecule has 0 aliphatic carbocycles. The first-order chi connectivity index (χ1) is 18.0. The van der Waals surface area contributed by atoms with E-state index in [1.807, 2.05) is 84.9 Å². The topological polar surface area (TPSA) is 63.6 Å². The van der Waals surface area contributed by atoms with E-state index in [1.165, 1.54) is 0 Å². The number of halogens is 2. The number of carbonyl (C=O) groups is 1. The molecule has 0 saturated carbocycles. The Bertz CT molecular complexity index is 1590. The van der Waals surface area contributed by atoms with Gasteiger partial charge in [0, 0.05) is 20.4 Å². The van der Waals surface area contributed by atoms with Crippen LogP contribution in [0.25, 0.3) is 33.3 Å². The van der Waals surface area contributed by atoms with E-state index >= 15 is 0 Å². The number of nitrogens with zero attached hydrogens (tertiary/aromatic N) is 2. The average Bonchev–Trinajstić information content (AvgIpc) is 2.92. The van der Waals surface area contributed by atoms with Crippen molar-refractivity contribution in [3.63, 3.8) is 0 Å². The number of ether oxygens (including phenoxy) is 1. The van der Waals surface area contributed by atoms with Crippen LogP contribution in [0.15, 0.2) is 113 Å². The zero-order chi connectivity index (χ0) is 25.6. The van der Waals surface area contributed by atoms with E-state index in [9.17, 15) is 4.79 Å². The third-order valence-corrected chi connectivity index (χ3v) is 6.36. The predicted octanol–water partition coefficient (Wildman–Crippen LogP) is 7.51. The molecule has 182 valence electrons. The molecular weight excluding hydrogens is 550 g/mol. The smallest absolute Gasteiger partial charge is 0.277 e. The molecule has 5 aromatic rings. The van der Waals surface area contributed by atoms with E-state index in [0.29, 0.717) is 10.8 Å². The molecule has 0 unspecified atom stereocenters. The van der Waals surface area contributed by atoms with Crippen LogP contribution in [0.1, 0.15) is 5.56 Å². The molecule has 5 rings (SSSR count). The van der Waals surface area contributed by atoms with E-state index in [1.54, 1.807) is 6.21 Å². The van der Waals surface area contributed by atoms with Crippen molar-refractivity contribution in [1.29, 1.82) is 0 Å². The molecule has 4 aromatic carbocycles. The fourth-order valence-electron chi connectivity index (χ4n) is 3.87. The zero-order valence-electron chi connectivity index (χ0n) is 19.6. The summed E-state index contributed by atoms with van der Waals surface area (Å²) in [7, 11) is 0. The average molecular weight is 571 g/mol. The van der Waals surface area contributed by atoms with Crippen molar-refractivity contribution in [1.82, 2.24) is 10.4 Å². The largest absolute Gasteiger partial charge is 0.484 e. The fourth-order valence-corrected chi connectivity index (χ4v) is 4.46. The first kappa shape index (κ1) is 24.7. The summed E-state index contributed by atoms with van der Waals surface area (Å²) in [5.74, 6) is 0.225. The summed E-state index contributed by atoms with van der Waals surface area (Å²) in [6.07, 6.45) is 1.58. The van der Waals surface area contributed by atoms with E-state index in [0.717, 1.165) is 43.3 Å². The van der Waals surface area contributed by atoms with Crippen molar-refractivity contribution < 1.29 is 9.53 Å². The Balaban J connectivity index is 1.29. The molecule has 37 heavy (non-hydrogen) atoms. The minimum absolute atomic E-state index is 0.150. The van der Waals surface area contributed by atoms with Gasteiger partial charge < -0.3 is 4.74 Å². The van der Waals surface area contributed by atoms with Gasteiger partial charge in [-0.05, 0) is 77.4 Å². The number of hydrogen-bond donors (Lipinski definition) is 1. The van der Waals surface area contributed by atoms with Crippen molar-refractivity contribution in [3.8, 4) is 28.1 Å². The van der Waals surface area contributed by atoms with Crippen LogP contribution in [0.3, 0.4) is 0 Å². The van der Waals surface area contributed by atoms with Gasteiger partial charge in [0.2, 0.25) is 0 Å². The molecule has 1 amide bonds. The van der Waals surface area contributed by atoms with Crippen LogP contribution in [-0.2, 0) is 4.79 Å². The highest BCUT2D eigenvalue weighted by molar-refractivity contribution is 9.10. The number of nitrogens with one attached hydrogen (secondary N) is 1. The van der Waals surface area contributed by atoms with Crippen LogP contribution in [0.4, 0.5) is 0 Å². The maximum atomic E-state index is 12.1. The number of rotatable bonds is 7. The van der Waals surface area contributed by atoms with Gasteiger partial charge in [0.05, 0.1) is 17.4 Å². The lowest BCUT2D eigenvalue weighted by atomic mass is 9.98. The summed E-state index contributed by atoms with van der Waals surface area (Å²) < 4.78 is 6.57.